The number of aromatic nitrogens is 1. The van der Waals surface area contributed by atoms with Crippen molar-refractivity contribution in [1.82, 2.24) is 4.98 Å². The van der Waals surface area contributed by atoms with Crippen LogP contribution in [0.25, 0.3) is 0 Å². The Kier molecular flexibility index (Phi) is 3.25. The molecular weight excluding hydrogens is 194 g/mol. The summed E-state index contributed by atoms with van der Waals surface area (Å²) in [5.41, 5.74) is 0.201. The predicted octanol–water partition coefficient (Wildman–Crippen LogP) is 1.06. The molecule has 2 rings (SSSR count). The number of aldehydes is 1. The molecule has 2 heterocycles. The highest BCUT2D eigenvalue weighted by Gasteiger charge is 2.02. The number of pyridine rings is 1. The summed E-state index contributed by atoms with van der Waals surface area (Å²) in [5, 5.41) is 8.46. The maximum Gasteiger partial charge on any atom is 0.335 e. The Morgan fingerprint density at radius 1 is 1.43 bits per heavy atom. The molecule has 0 saturated carbocycles. The van der Waals surface area contributed by atoms with Crippen molar-refractivity contribution in [1.29, 1.82) is 0 Å². The van der Waals surface area contributed by atoms with Crippen LogP contribution in [0.1, 0.15) is 20.8 Å². The van der Waals surface area contributed by atoms with E-state index >= 15 is 0 Å². The zero-order valence-corrected chi connectivity index (χ0v) is 6.75. The minimum atomic E-state index is -1.06. The quantitative estimate of drug-likeness (QED) is 0.568. The molecule has 0 unspecified atom stereocenters. The minimum Gasteiger partial charge on any atom is -0.478 e. The van der Waals surface area contributed by atoms with E-state index in [0.29, 0.717) is 6.29 Å². The first-order valence-electron chi connectivity index (χ1n) is 3.38. The Morgan fingerprint density at radius 3 is 2.50 bits per heavy atom. The van der Waals surface area contributed by atoms with Gasteiger partial charge in [0.2, 0.25) is 0 Å². The number of rotatable bonds is 2. The van der Waals surface area contributed by atoms with Crippen LogP contribution < -0.4 is 0 Å². The van der Waals surface area contributed by atoms with E-state index < -0.39 is 5.97 Å². The van der Waals surface area contributed by atoms with Crippen molar-refractivity contribution in [3.05, 3.63) is 29.6 Å². The van der Waals surface area contributed by atoms with Crippen molar-refractivity contribution in [2.75, 3.05) is 0 Å². The van der Waals surface area contributed by atoms with Gasteiger partial charge in [-0.05, 0) is 12.1 Å². The van der Waals surface area contributed by atoms with Crippen molar-refractivity contribution < 1.29 is 28.9 Å². The number of hydrogen-bond donors (Lipinski definition) is 1. The van der Waals surface area contributed by atoms with Crippen LogP contribution in [0.2, 0.25) is 0 Å². The molecule has 0 aromatic carbocycles. The number of carbonyl (C=O) groups excluding carboxylic acids is 1. The number of nitrogens with zero attached hydrogens (tertiary/aromatic N) is 1. The fraction of sp³-hybridized carbons (Fsp3) is 0. The van der Waals surface area contributed by atoms with Crippen LogP contribution in [-0.2, 0) is 0 Å². The van der Waals surface area contributed by atoms with Crippen LogP contribution >= 0.6 is 0 Å². The standard InChI is InChI=1S/C7H5NO3.O3/c9-4-6-3-5(7(10)11)1-2-8-6;1-2-3-1/h1-4H,(H,10,11);. The van der Waals surface area contributed by atoms with E-state index in [9.17, 15) is 9.59 Å². The summed E-state index contributed by atoms with van der Waals surface area (Å²) >= 11 is 0. The lowest BCUT2D eigenvalue weighted by Gasteiger charge is -1.92. The Bertz CT molecular complexity index is 384. The first-order valence-corrected chi connectivity index (χ1v) is 3.38. The molecule has 0 saturated heterocycles. The third-order valence-corrected chi connectivity index (χ3v) is 1.22. The molecule has 2 aromatic heterocycles. The number of carbonyl (C=O) groups is 2. The first-order chi connectivity index (χ1) is 6.74. The Labute approximate surface area is 76.7 Å². The molecular formula is C7H5NO6. The second kappa shape index (κ2) is 4.65. The molecule has 74 valence electrons. The lowest BCUT2D eigenvalue weighted by Crippen LogP contribution is -1.98. The van der Waals surface area contributed by atoms with Crippen molar-refractivity contribution in [3.63, 3.8) is 0 Å². The van der Waals surface area contributed by atoms with Crippen molar-refractivity contribution in [2.24, 2.45) is 0 Å². The van der Waals surface area contributed by atoms with E-state index in [1.807, 2.05) is 0 Å². The summed E-state index contributed by atoms with van der Waals surface area (Å²) in [5.74, 6) is -1.06. The summed E-state index contributed by atoms with van der Waals surface area (Å²) in [6.45, 7) is 0. The zero-order chi connectivity index (χ0) is 10.4. The SMILES string of the molecule is O=Cc1cc(C(=O)O)ccn1.o1oo1. The Balaban J connectivity index is 0.000000276. The molecule has 7 nitrogen and oxygen atoms in total. The molecule has 7 heteroatoms. The highest BCUT2D eigenvalue weighted by Crippen LogP contribution is 1.98. The van der Waals surface area contributed by atoms with Gasteiger partial charge in [0.05, 0.1) is 5.56 Å². The van der Waals surface area contributed by atoms with E-state index in [1.165, 1.54) is 18.3 Å². The monoisotopic (exact) mass is 199 g/mol. The largest absolute Gasteiger partial charge is 0.478 e. The van der Waals surface area contributed by atoms with Gasteiger partial charge in [0.25, 0.3) is 0 Å². The molecule has 1 N–H and O–H groups in total. The zero-order valence-electron chi connectivity index (χ0n) is 6.75. The predicted molar refractivity (Wildman–Crippen MR) is 39.8 cm³/mol. The normalized spacial score (nSPS) is 8.86. The van der Waals surface area contributed by atoms with E-state index in [1.54, 1.807) is 0 Å². The average molecular weight is 199 g/mol. The summed E-state index contributed by atoms with van der Waals surface area (Å²) in [4.78, 5) is 24.1. The highest BCUT2D eigenvalue weighted by molar-refractivity contribution is 5.89. The topological polar surface area (TPSA) is 107 Å². The molecule has 0 aliphatic carbocycles. The molecule has 0 fully saturated rings. The van der Waals surface area contributed by atoms with Crippen LogP contribution in [0.4, 0.5) is 0 Å². The van der Waals surface area contributed by atoms with Gasteiger partial charge in [-0.25, -0.2) is 4.79 Å². The molecule has 0 bridgehead atoms. The molecule has 0 radical (unpaired) electrons. The minimum absolute atomic E-state index is 0.0714. The summed E-state index contributed by atoms with van der Waals surface area (Å²) in [6, 6.07) is 2.55. The van der Waals surface area contributed by atoms with Gasteiger partial charge in [-0.15, -0.1) is 0 Å². The second-order valence-corrected chi connectivity index (χ2v) is 2.10. The number of hydrogen-bond acceptors (Lipinski definition) is 6. The third kappa shape index (κ3) is 3.39. The van der Waals surface area contributed by atoms with E-state index in [0.717, 1.165) is 0 Å². The van der Waals surface area contributed by atoms with E-state index in [2.05, 4.69) is 19.2 Å². The molecule has 14 heavy (non-hydrogen) atoms. The second-order valence-electron chi connectivity index (χ2n) is 2.10. The fourth-order valence-corrected chi connectivity index (χ4v) is 0.646. The van der Waals surface area contributed by atoms with Crippen LogP contribution in [0.15, 0.2) is 32.5 Å². The van der Waals surface area contributed by atoms with Crippen LogP contribution in [0.5, 0.6) is 0 Å². The average Bonchev–Trinajstić information content (AvgIpc) is 3.05. The number of aromatic carboxylic acids is 1. The van der Waals surface area contributed by atoms with Gasteiger partial charge in [0, 0.05) is 20.4 Å². The molecule has 0 aliphatic rings. The Morgan fingerprint density at radius 2 is 2.07 bits per heavy atom. The lowest BCUT2D eigenvalue weighted by molar-refractivity contribution is 0.0696. The fourth-order valence-electron chi connectivity index (χ4n) is 0.646. The summed E-state index contributed by atoms with van der Waals surface area (Å²) in [7, 11) is 0. The summed E-state index contributed by atoms with van der Waals surface area (Å²) < 4.78 is 10.5. The molecule has 0 aliphatic heterocycles. The van der Waals surface area contributed by atoms with Crippen molar-refractivity contribution in [2.45, 2.75) is 0 Å². The van der Waals surface area contributed by atoms with E-state index in [4.69, 9.17) is 5.11 Å². The van der Waals surface area contributed by atoms with Crippen molar-refractivity contribution >= 4 is 12.3 Å². The van der Waals surface area contributed by atoms with Crippen molar-refractivity contribution in [3.8, 4) is 0 Å². The molecule has 0 atom stereocenters. The van der Waals surface area contributed by atoms with Gasteiger partial charge in [0.1, 0.15) is 5.69 Å². The van der Waals surface area contributed by atoms with Crippen LogP contribution in [0.3, 0.4) is 0 Å². The smallest absolute Gasteiger partial charge is 0.335 e. The maximum atomic E-state index is 10.3. The van der Waals surface area contributed by atoms with Gasteiger partial charge < -0.3 is 5.11 Å². The number of carboxylic acids is 1. The van der Waals surface area contributed by atoms with Gasteiger partial charge in [0.15, 0.2) is 6.29 Å². The molecule has 2 aromatic rings. The van der Waals surface area contributed by atoms with E-state index in [-0.39, 0.29) is 11.3 Å². The number of carboxylic acid groups (broad SMARTS) is 1. The first kappa shape index (κ1) is 9.78. The van der Waals surface area contributed by atoms with Gasteiger partial charge in [-0.3, -0.25) is 9.78 Å². The maximum absolute atomic E-state index is 10.3. The van der Waals surface area contributed by atoms with Gasteiger partial charge in [-0.2, -0.15) is 0 Å². The lowest BCUT2D eigenvalue weighted by atomic mass is 10.2. The van der Waals surface area contributed by atoms with Gasteiger partial charge >= 0.3 is 5.97 Å². The highest BCUT2D eigenvalue weighted by atomic mass is 17.6. The molecule has 0 amide bonds. The van der Waals surface area contributed by atoms with Crippen LogP contribution in [0, 0.1) is 0 Å². The third-order valence-electron chi connectivity index (χ3n) is 1.22. The molecule has 0 spiro atoms. The van der Waals surface area contributed by atoms with Gasteiger partial charge in [-0.1, -0.05) is 0 Å². The summed E-state index contributed by atoms with van der Waals surface area (Å²) in [6.07, 6.45) is 1.79. The Hall–Kier alpha value is -2.31. The van der Waals surface area contributed by atoms with Crippen LogP contribution in [-0.4, -0.2) is 22.3 Å².